The van der Waals surface area contributed by atoms with Crippen LogP contribution in [0, 0.1) is 18.8 Å². The van der Waals surface area contributed by atoms with Crippen LogP contribution in [0.3, 0.4) is 0 Å². The summed E-state index contributed by atoms with van der Waals surface area (Å²) in [5, 5.41) is 9.10. The van der Waals surface area contributed by atoms with Gasteiger partial charge in [0.1, 0.15) is 17.1 Å². The molecule has 1 saturated heterocycles. The minimum atomic E-state index is -1.35. The Morgan fingerprint density at radius 2 is 1.69 bits per heavy atom. The number of pyridine rings is 1. The number of rotatable bonds is 8. The molecule has 4 aromatic rings. The molecule has 0 radical (unpaired) electrons. The fourth-order valence-electron chi connectivity index (χ4n) is 6.35. The third-order valence-electron chi connectivity index (χ3n) is 8.49. The highest BCUT2D eigenvalue weighted by Gasteiger charge is 2.49. The maximum absolute atomic E-state index is 13.3. The van der Waals surface area contributed by atoms with Crippen LogP contribution in [0.25, 0.3) is 22.3 Å². The van der Waals surface area contributed by atoms with Crippen molar-refractivity contribution < 1.29 is 24.2 Å². The van der Waals surface area contributed by atoms with Crippen molar-refractivity contribution in [2.75, 3.05) is 4.90 Å². The summed E-state index contributed by atoms with van der Waals surface area (Å²) in [6.45, 7) is 4.54. The number of unbranched alkanes of at least 4 members (excludes halogenated alkanes) is 1. The number of para-hydroxylation sites is 1. The van der Waals surface area contributed by atoms with Gasteiger partial charge in [0.25, 0.3) is 0 Å². The first-order valence-electron chi connectivity index (χ1n) is 14.7. The first-order valence-corrected chi connectivity index (χ1v) is 14.7. The second-order valence-corrected chi connectivity index (χ2v) is 11.2. The van der Waals surface area contributed by atoms with E-state index in [4.69, 9.17) is 19.8 Å². The summed E-state index contributed by atoms with van der Waals surface area (Å²) in [6, 6.07) is 16.8. The maximum Gasteiger partial charge on any atom is 0.511 e. The normalized spacial score (nSPS) is 18.5. The monoisotopic (exact) mass is 566 g/mol. The molecule has 2 fully saturated rings. The van der Waals surface area contributed by atoms with Gasteiger partial charge < -0.3 is 14.4 Å². The van der Waals surface area contributed by atoms with Gasteiger partial charge >= 0.3 is 6.16 Å². The Labute approximate surface area is 244 Å². The molecule has 0 spiro atoms. The van der Waals surface area contributed by atoms with E-state index in [0.717, 1.165) is 67.5 Å². The van der Waals surface area contributed by atoms with Gasteiger partial charge in [-0.25, -0.2) is 19.7 Å². The van der Waals surface area contributed by atoms with Crippen LogP contribution in [0.5, 0.6) is 5.75 Å². The Morgan fingerprint density at radius 1 is 1.00 bits per heavy atom. The Kier molecular flexibility index (Phi) is 7.49. The number of aryl methyl sites for hydroxylation is 2. The van der Waals surface area contributed by atoms with E-state index in [0.29, 0.717) is 29.0 Å². The number of carbonyl (C=O) groups is 3. The van der Waals surface area contributed by atoms with E-state index in [1.165, 1.54) is 4.90 Å². The smallest absolute Gasteiger partial charge is 0.449 e. The molecule has 3 heterocycles. The minimum absolute atomic E-state index is 0.102. The fraction of sp³-hybridized carbons (Fsp3) is 0.364. The lowest BCUT2D eigenvalue weighted by Gasteiger charge is -2.19. The van der Waals surface area contributed by atoms with E-state index < -0.39 is 6.16 Å². The summed E-state index contributed by atoms with van der Waals surface area (Å²) in [7, 11) is 0. The van der Waals surface area contributed by atoms with Crippen LogP contribution in [0.4, 0.5) is 10.5 Å². The van der Waals surface area contributed by atoms with Crippen molar-refractivity contribution in [3.63, 3.8) is 0 Å². The lowest BCUT2D eigenvalue weighted by Crippen LogP contribution is -2.31. The molecule has 9 nitrogen and oxygen atoms in total. The zero-order valence-electron chi connectivity index (χ0n) is 23.9. The number of imide groups is 1. The molecule has 1 saturated carbocycles. The summed E-state index contributed by atoms with van der Waals surface area (Å²) in [5.41, 5.74) is 5.15. The first-order chi connectivity index (χ1) is 20.4. The molecule has 6 rings (SSSR count). The van der Waals surface area contributed by atoms with Gasteiger partial charge in [-0.3, -0.25) is 9.59 Å². The predicted molar refractivity (Wildman–Crippen MR) is 158 cm³/mol. The molecule has 9 heteroatoms. The molecule has 1 aliphatic heterocycles. The lowest BCUT2D eigenvalue weighted by molar-refractivity contribution is -0.122. The van der Waals surface area contributed by atoms with Gasteiger partial charge in [0.05, 0.1) is 29.8 Å². The summed E-state index contributed by atoms with van der Waals surface area (Å²) >= 11 is 0. The molecule has 1 aliphatic carbocycles. The maximum atomic E-state index is 13.3. The Balaban J connectivity index is 1.33. The van der Waals surface area contributed by atoms with Gasteiger partial charge in [-0.15, -0.1) is 0 Å². The van der Waals surface area contributed by atoms with Crippen LogP contribution < -0.4 is 9.64 Å². The van der Waals surface area contributed by atoms with E-state index in [9.17, 15) is 14.4 Å². The highest BCUT2D eigenvalue weighted by molar-refractivity contribution is 6.22. The predicted octanol–water partition coefficient (Wildman–Crippen LogP) is 6.53. The second kappa shape index (κ2) is 11.4. The topological polar surface area (TPSA) is 115 Å². The molecular formula is C33H34N4O5. The van der Waals surface area contributed by atoms with E-state index in [2.05, 4.69) is 11.5 Å². The number of amides is 2. The first kappa shape index (κ1) is 27.6. The number of imidazole rings is 1. The van der Waals surface area contributed by atoms with Gasteiger partial charge in [0.2, 0.25) is 11.8 Å². The van der Waals surface area contributed by atoms with Crippen molar-refractivity contribution in [2.45, 2.75) is 65.3 Å². The third-order valence-corrected chi connectivity index (χ3v) is 8.49. The summed E-state index contributed by atoms with van der Waals surface area (Å²) in [4.78, 5) is 49.0. The van der Waals surface area contributed by atoms with Crippen molar-refractivity contribution in [3.05, 3.63) is 71.7 Å². The van der Waals surface area contributed by atoms with Crippen LogP contribution in [0.1, 0.15) is 62.5 Å². The summed E-state index contributed by atoms with van der Waals surface area (Å²) in [6.07, 6.45) is 4.94. The van der Waals surface area contributed by atoms with Crippen LogP contribution in [-0.4, -0.2) is 37.6 Å². The standard InChI is InChI=1S/C33H34N4O5/c1-3-4-13-29-35-26-18-27(37-31(38)24-10-5-6-11-25(24)32(37)39)20(2)34-30(26)36(29)19-21-14-16-22(17-15-21)23-9-7-8-12-28(23)42-33(40)41/h7-9,12,14-18,24-25H,3-6,10-11,13,19H2,1-2H3,(H,40,41)/t24-,25+. The van der Waals surface area contributed by atoms with Crippen LogP contribution in [0.2, 0.25) is 0 Å². The number of aromatic nitrogens is 3. The number of ether oxygens (including phenoxy) is 1. The molecule has 2 aromatic heterocycles. The molecular weight excluding hydrogens is 532 g/mol. The van der Waals surface area contributed by atoms with Crippen molar-refractivity contribution in [2.24, 2.45) is 11.8 Å². The number of benzene rings is 2. The van der Waals surface area contributed by atoms with Gasteiger partial charge in [0, 0.05) is 12.0 Å². The van der Waals surface area contributed by atoms with Crippen molar-refractivity contribution in [1.29, 1.82) is 0 Å². The third kappa shape index (κ3) is 5.04. The highest BCUT2D eigenvalue weighted by atomic mass is 16.7. The number of carboxylic acid groups (broad SMARTS) is 1. The SMILES string of the molecule is CCCCc1nc2cc(N3C(=O)[C@H]4CCCC[C@H]4C3=O)c(C)nc2n1Cc1ccc(-c2ccccc2OC(=O)O)cc1. The fourth-order valence-corrected chi connectivity index (χ4v) is 6.35. The number of anilines is 1. The zero-order valence-corrected chi connectivity index (χ0v) is 23.9. The summed E-state index contributed by atoms with van der Waals surface area (Å²) < 4.78 is 7.08. The van der Waals surface area contributed by atoms with Crippen LogP contribution in [0.15, 0.2) is 54.6 Å². The number of hydrogen-bond acceptors (Lipinski definition) is 6. The Morgan fingerprint density at radius 3 is 2.36 bits per heavy atom. The average molecular weight is 567 g/mol. The van der Waals surface area contributed by atoms with Crippen molar-refractivity contribution in [1.82, 2.24) is 14.5 Å². The molecule has 2 aliphatic rings. The second-order valence-electron chi connectivity index (χ2n) is 11.2. The van der Waals surface area contributed by atoms with E-state index in [-0.39, 0.29) is 29.4 Å². The molecule has 2 atom stereocenters. The van der Waals surface area contributed by atoms with E-state index in [1.807, 2.05) is 49.4 Å². The lowest BCUT2D eigenvalue weighted by atomic mass is 9.81. The molecule has 0 unspecified atom stereocenters. The van der Waals surface area contributed by atoms with E-state index >= 15 is 0 Å². The van der Waals surface area contributed by atoms with Gasteiger partial charge in [-0.1, -0.05) is 68.7 Å². The summed E-state index contributed by atoms with van der Waals surface area (Å²) in [5.74, 6) is 0.553. The number of carbonyl (C=O) groups excluding carboxylic acids is 2. The van der Waals surface area contributed by atoms with Gasteiger partial charge in [-0.05, 0) is 49.4 Å². The molecule has 216 valence electrons. The van der Waals surface area contributed by atoms with Gasteiger partial charge in [0.15, 0.2) is 5.65 Å². The quantitative estimate of drug-likeness (QED) is 0.146. The molecule has 1 N–H and O–H groups in total. The van der Waals surface area contributed by atoms with E-state index in [1.54, 1.807) is 12.1 Å². The van der Waals surface area contributed by atoms with Crippen LogP contribution in [-0.2, 0) is 22.6 Å². The molecule has 0 bridgehead atoms. The minimum Gasteiger partial charge on any atom is -0.449 e. The van der Waals surface area contributed by atoms with Crippen molar-refractivity contribution >= 4 is 34.8 Å². The molecule has 2 amide bonds. The largest absolute Gasteiger partial charge is 0.511 e. The zero-order chi connectivity index (χ0) is 29.4. The highest BCUT2D eigenvalue weighted by Crippen LogP contribution is 2.41. The number of fused-ring (bicyclic) bond motifs is 2. The molecule has 42 heavy (non-hydrogen) atoms. The Hall–Kier alpha value is -4.53. The number of nitrogens with zero attached hydrogens (tertiary/aromatic N) is 4. The number of hydrogen-bond donors (Lipinski definition) is 1. The van der Waals surface area contributed by atoms with Crippen LogP contribution >= 0.6 is 0 Å². The average Bonchev–Trinajstić information content (AvgIpc) is 3.44. The Bertz CT molecular complexity index is 1650. The van der Waals surface area contributed by atoms with Crippen molar-refractivity contribution in [3.8, 4) is 16.9 Å². The molecule has 2 aromatic carbocycles. The van der Waals surface area contributed by atoms with Gasteiger partial charge in [-0.2, -0.15) is 0 Å².